The number of nitrogens with zero attached hydrogens (tertiary/aromatic N) is 1. The van der Waals surface area contributed by atoms with Gasteiger partial charge in [0.15, 0.2) is 0 Å². The van der Waals surface area contributed by atoms with Crippen molar-refractivity contribution < 1.29 is 13.2 Å². The minimum absolute atomic E-state index is 0.139. The summed E-state index contributed by atoms with van der Waals surface area (Å²) in [6.45, 7) is 0.343. The molecule has 0 atom stereocenters. The van der Waals surface area contributed by atoms with Gasteiger partial charge in [0, 0.05) is 15.1 Å². The largest absolute Gasteiger partial charge is 0.488 e. The molecule has 28 heavy (non-hydrogen) atoms. The molecule has 0 unspecified atom stereocenters. The Bertz CT molecular complexity index is 1070. The first-order chi connectivity index (χ1) is 13.4. The fourth-order valence-electron chi connectivity index (χ4n) is 2.31. The average Bonchev–Trinajstić information content (AvgIpc) is 2.69. The number of benzene rings is 3. The molecule has 3 aromatic rings. The van der Waals surface area contributed by atoms with Crippen molar-refractivity contribution in [3.05, 3.63) is 93.4 Å². The summed E-state index contributed by atoms with van der Waals surface area (Å²) in [5.41, 5.74) is 1.58. The molecule has 0 spiro atoms. The van der Waals surface area contributed by atoms with E-state index in [2.05, 4.69) is 25.9 Å². The van der Waals surface area contributed by atoms with E-state index in [-0.39, 0.29) is 4.90 Å². The minimum atomic E-state index is -3.73. The van der Waals surface area contributed by atoms with Gasteiger partial charge in [-0.3, -0.25) is 0 Å². The van der Waals surface area contributed by atoms with Crippen LogP contribution >= 0.6 is 27.5 Å². The van der Waals surface area contributed by atoms with Gasteiger partial charge in [0.25, 0.3) is 10.0 Å². The van der Waals surface area contributed by atoms with Crippen molar-refractivity contribution in [3.8, 4) is 5.75 Å². The van der Waals surface area contributed by atoms with Crippen molar-refractivity contribution in [2.45, 2.75) is 11.5 Å². The lowest BCUT2D eigenvalue weighted by Gasteiger charge is -2.10. The Morgan fingerprint density at radius 1 is 1.04 bits per heavy atom. The first-order valence-electron chi connectivity index (χ1n) is 8.21. The predicted molar refractivity (Wildman–Crippen MR) is 114 cm³/mol. The highest BCUT2D eigenvalue weighted by atomic mass is 79.9. The van der Waals surface area contributed by atoms with Crippen LogP contribution in [0.15, 0.2) is 87.3 Å². The van der Waals surface area contributed by atoms with Gasteiger partial charge in [-0.05, 0) is 48.0 Å². The molecule has 0 fully saturated rings. The molecule has 0 amide bonds. The smallest absolute Gasteiger partial charge is 0.276 e. The SMILES string of the molecule is O=S(=O)(N/N=C\c1cc(Br)ccc1OCc1ccc(Cl)cc1)c1ccccc1. The first kappa shape index (κ1) is 20.4. The molecule has 0 bridgehead atoms. The number of ether oxygens (including phenoxy) is 1. The van der Waals surface area contributed by atoms with Crippen LogP contribution in [0.1, 0.15) is 11.1 Å². The first-order valence-corrected chi connectivity index (χ1v) is 10.9. The highest BCUT2D eigenvalue weighted by molar-refractivity contribution is 9.10. The maximum Gasteiger partial charge on any atom is 0.276 e. The van der Waals surface area contributed by atoms with Gasteiger partial charge >= 0.3 is 0 Å². The lowest BCUT2D eigenvalue weighted by molar-refractivity contribution is 0.306. The van der Waals surface area contributed by atoms with Crippen LogP contribution in [0.3, 0.4) is 0 Å². The molecule has 0 radical (unpaired) electrons. The second kappa shape index (κ2) is 9.23. The van der Waals surface area contributed by atoms with Crippen LogP contribution in [0.2, 0.25) is 5.02 Å². The van der Waals surface area contributed by atoms with Crippen molar-refractivity contribution >= 4 is 43.8 Å². The molecule has 0 aliphatic heterocycles. The number of hydrazone groups is 1. The molecule has 0 aliphatic carbocycles. The van der Waals surface area contributed by atoms with E-state index in [4.69, 9.17) is 16.3 Å². The fourth-order valence-corrected chi connectivity index (χ4v) is 3.63. The van der Waals surface area contributed by atoms with Gasteiger partial charge in [-0.25, -0.2) is 4.83 Å². The topological polar surface area (TPSA) is 67.8 Å². The number of nitrogens with one attached hydrogen (secondary N) is 1. The van der Waals surface area contributed by atoms with Gasteiger partial charge in [0.2, 0.25) is 0 Å². The maximum absolute atomic E-state index is 12.2. The highest BCUT2D eigenvalue weighted by Crippen LogP contribution is 2.23. The molecular formula is C20H16BrClN2O3S. The zero-order chi connectivity index (χ0) is 20.0. The van der Waals surface area contributed by atoms with Crippen LogP contribution < -0.4 is 9.57 Å². The summed E-state index contributed by atoms with van der Waals surface area (Å²) in [4.78, 5) is 2.35. The van der Waals surface area contributed by atoms with Crippen LogP contribution in [-0.4, -0.2) is 14.6 Å². The Hall–Kier alpha value is -2.35. The Balaban J connectivity index is 1.73. The summed E-state index contributed by atoms with van der Waals surface area (Å²) >= 11 is 9.29. The molecule has 8 heteroatoms. The summed E-state index contributed by atoms with van der Waals surface area (Å²) in [7, 11) is -3.73. The quantitative estimate of drug-likeness (QED) is 0.383. The second-order valence-corrected chi connectivity index (χ2v) is 8.78. The minimum Gasteiger partial charge on any atom is -0.488 e. The molecule has 3 rings (SSSR count). The zero-order valence-corrected chi connectivity index (χ0v) is 17.7. The predicted octanol–water partition coefficient (Wildman–Crippen LogP) is 4.99. The van der Waals surface area contributed by atoms with Gasteiger partial charge in [-0.2, -0.15) is 13.5 Å². The van der Waals surface area contributed by atoms with E-state index in [1.807, 2.05) is 18.2 Å². The molecular weight excluding hydrogens is 464 g/mol. The summed E-state index contributed by atoms with van der Waals surface area (Å²) in [5, 5.41) is 4.54. The van der Waals surface area contributed by atoms with E-state index >= 15 is 0 Å². The van der Waals surface area contributed by atoms with E-state index in [1.165, 1.54) is 18.3 Å². The molecule has 0 heterocycles. The van der Waals surface area contributed by atoms with Crippen LogP contribution in [0.5, 0.6) is 5.75 Å². The fraction of sp³-hybridized carbons (Fsp3) is 0.0500. The average molecular weight is 480 g/mol. The van der Waals surface area contributed by atoms with Gasteiger partial charge in [0.05, 0.1) is 11.1 Å². The molecule has 0 saturated carbocycles. The number of hydrogen-bond acceptors (Lipinski definition) is 4. The highest BCUT2D eigenvalue weighted by Gasteiger charge is 2.11. The Morgan fingerprint density at radius 2 is 1.75 bits per heavy atom. The standard InChI is InChI=1S/C20H16BrClN2O3S/c21-17-8-11-20(27-14-15-6-9-18(22)10-7-15)16(12-17)13-23-24-28(25,26)19-4-2-1-3-5-19/h1-13,24H,14H2/b23-13-. The van der Waals surface area contributed by atoms with E-state index in [1.54, 1.807) is 42.5 Å². The summed E-state index contributed by atoms with van der Waals surface area (Å²) < 4.78 is 31.1. The Labute approximate surface area is 177 Å². The third-order valence-electron chi connectivity index (χ3n) is 3.71. The lowest BCUT2D eigenvalue weighted by atomic mass is 10.2. The monoisotopic (exact) mass is 478 g/mol. The zero-order valence-electron chi connectivity index (χ0n) is 14.5. The molecule has 5 nitrogen and oxygen atoms in total. The number of rotatable bonds is 7. The van der Waals surface area contributed by atoms with Crippen LogP contribution in [0, 0.1) is 0 Å². The van der Waals surface area contributed by atoms with Crippen LogP contribution in [-0.2, 0) is 16.6 Å². The number of sulfonamides is 1. The van der Waals surface area contributed by atoms with Gasteiger partial charge in [0.1, 0.15) is 12.4 Å². The Morgan fingerprint density at radius 3 is 2.46 bits per heavy atom. The van der Waals surface area contributed by atoms with Crippen molar-refractivity contribution in [2.24, 2.45) is 5.10 Å². The molecule has 0 saturated heterocycles. The van der Waals surface area contributed by atoms with E-state index < -0.39 is 10.0 Å². The third-order valence-corrected chi connectivity index (χ3v) is 5.69. The van der Waals surface area contributed by atoms with Crippen molar-refractivity contribution in [1.29, 1.82) is 0 Å². The lowest BCUT2D eigenvalue weighted by Crippen LogP contribution is -2.18. The molecule has 1 N–H and O–H groups in total. The molecule has 144 valence electrons. The van der Waals surface area contributed by atoms with Crippen LogP contribution in [0.4, 0.5) is 0 Å². The second-order valence-electron chi connectivity index (χ2n) is 5.76. The van der Waals surface area contributed by atoms with Crippen LogP contribution in [0.25, 0.3) is 0 Å². The van der Waals surface area contributed by atoms with Gasteiger partial charge < -0.3 is 4.74 Å². The molecule has 0 aromatic heterocycles. The van der Waals surface area contributed by atoms with E-state index in [0.717, 1.165) is 10.0 Å². The van der Waals surface area contributed by atoms with Crippen molar-refractivity contribution in [3.63, 3.8) is 0 Å². The van der Waals surface area contributed by atoms with Crippen molar-refractivity contribution in [2.75, 3.05) is 0 Å². The summed E-state index contributed by atoms with van der Waals surface area (Å²) in [6.07, 6.45) is 1.41. The summed E-state index contributed by atoms with van der Waals surface area (Å²) in [5.74, 6) is 0.570. The van der Waals surface area contributed by atoms with Crippen molar-refractivity contribution in [1.82, 2.24) is 4.83 Å². The van der Waals surface area contributed by atoms with E-state index in [9.17, 15) is 8.42 Å². The molecule has 0 aliphatic rings. The normalized spacial score (nSPS) is 11.5. The Kier molecular flexibility index (Phi) is 6.72. The molecule has 3 aromatic carbocycles. The maximum atomic E-state index is 12.2. The summed E-state index contributed by atoms with van der Waals surface area (Å²) in [6, 6.07) is 20.8. The third kappa shape index (κ3) is 5.58. The number of hydrogen-bond donors (Lipinski definition) is 1. The van der Waals surface area contributed by atoms with E-state index in [0.29, 0.717) is 22.9 Å². The van der Waals surface area contributed by atoms with Gasteiger partial charge in [-0.15, -0.1) is 0 Å². The van der Waals surface area contributed by atoms with Gasteiger partial charge in [-0.1, -0.05) is 57.9 Å². The number of halogens is 2.